The molecule has 3 rings (SSSR count). The van der Waals surface area contributed by atoms with Crippen LogP contribution in [0.2, 0.25) is 0 Å². The topological polar surface area (TPSA) is 128 Å². The van der Waals surface area contributed by atoms with Crippen LogP contribution in [0.15, 0.2) is 65.1 Å². The van der Waals surface area contributed by atoms with E-state index in [9.17, 15) is 18.0 Å². The van der Waals surface area contributed by atoms with Gasteiger partial charge in [-0.25, -0.2) is 13.9 Å². The van der Waals surface area contributed by atoms with Gasteiger partial charge in [0, 0.05) is 44.4 Å². The van der Waals surface area contributed by atoms with Crippen LogP contribution in [0.1, 0.15) is 13.3 Å². The molecule has 1 heterocycles. The van der Waals surface area contributed by atoms with Crippen LogP contribution in [0.25, 0.3) is 11.1 Å². The molecule has 170 valence electrons. The fraction of sp³-hybridized carbons (Fsp3) is 0.273. The molecule has 0 radical (unpaired) electrons. The number of carbonyl (C=O) groups is 2. The van der Waals surface area contributed by atoms with Crippen molar-refractivity contribution < 1.29 is 23.2 Å². The molecule has 0 saturated carbocycles. The number of hydrogen-bond donors (Lipinski definition) is 4. The molecule has 1 aliphatic heterocycles. The summed E-state index contributed by atoms with van der Waals surface area (Å²) in [5.41, 5.74) is 4.68. The number of amides is 2. The van der Waals surface area contributed by atoms with E-state index in [0.29, 0.717) is 18.7 Å². The molecule has 9 nitrogen and oxygen atoms in total. The summed E-state index contributed by atoms with van der Waals surface area (Å²) >= 11 is 0. The smallest absolute Gasteiger partial charge is 0.270 e. The number of hydroxylamine groups is 1. The maximum absolute atomic E-state index is 12.9. The van der Waals surface area contributed by atoms with Crippen LogP contribution in [0.3, 0.4) is 0 Å². The average molecular weight is 459 g/mol. The summed E-state index contributed by atoms with van der Waals surface area (Å²) < 4.78 is 27.1. The van der Waals surface area contributed by atoms with Crippen molar-refractivity contribution in [1.82, 2.24) is 15.1 Å². The minimum atomic E-state index is -3.69. The summed E-state index contributed by atoms with van der Waals surface area (Å²) in [4.78, 5) is 22.5. The third kappa shape index (κ3) is 5.72. The van der Waals surface area contributed by atoms with E-state index in [-0.39, 0.29) is 30.3 Å². The number of rotatable bonds is 8. The Bertz CT molecular complexity index is 1100. The second-order valence-electron chi connectivity index (χ2n) is 7.29. The Kier molecular flexibility index (Phi) is 7.62. The molecule has 2 aromatic carbocycles. The molecule has 0 saturated heterocycles. The zero-order valence-electron chi connectivity index (χ0n) is 17.7. The summed E-state index contributed by atoms with van der Waals surface area (Å²) in [6, 6.07) is 14.4. The van der Waals surface area contributed by atoms with Crippen molar-refractivity contribution in [2.75, 3.05) is 31.5 Å². The van der Waals surface area contributed by atoms with Crippen molar-refractivity contribution in [2.45, 2.75) is 18.2 Å². The van der Waals surface area contributed by atoms with Gasteiger partial charge < -0.3 is 10.6 Å². The van der Waals surface area contributed by atoms with Crippen LogP contribution < -0.4 is 16.1 Å². The largest absolute Gasteiger partial charge is 0.383 e. The summed E-state index contributed by atoms with van der Waals surface area (Å²) in [6.07, 6.45) is 1.74. The van der Waals surface area contributed by atoms with Gasteiger partial charge in [0.2, 0.25) is 15.9 Å². The Morgan fingerprint density at radius 3 is 2.16 bits per heavy atom. The lowest BCUT2D eigenvalue weighted by Gasteiger charge is -2.25. The van der Waals surface area contributed by atoms with Crippen molar-refractivity contribution in [1.29, 1.82) is 0 Å². The standard InChI is InChI=1S/C22H26N4O5S/c1-16(27)23-12-13-24-20-6-2-17(3-7-20)18-4-8-21(9-5-18)32(30,31)26-14-10-19(11-15-26)22(28)25-29/h2-10,24,29H,11-15H2,1H3,(H,23,27)(H,25,28). The highest BCUT2D eigenvalue weighted by Gasteiger charge is 2.27. The first-order valence-corrected chi connectivity index (χ1v) is 11.6. The van der Waals surface area contributed by atoms with Gasteiger partial charge in [-0.3, -0.25) is 14.8 Å². The lowest BCUT2D eigenvalue weighted by molar-refractivity contribution is -0.125. The minimum absolute atomic E-state index is 0.0665. The lowest BCUT2D eigenvalue weighted by atomic mass is 10.1. The zero-order chi connectivity index (χ0) is 23.1. The van der Waals surface area contributed by atoms with Crippen LogP contribution in [-0.4, -0.2) is 55.9 Å². The van der Waals surface area contributed by atoms with Gasteiger partial charge in [0.25, 0.3) is 5.91 Å². The van der Waals surface area contributed by atoms with Gasteiger partial charge in [-0.15, -0.1) is 0 Å². The van der Waals surface area contributed by atoms with Gasteiger partial charge in [0.15, 0.2) is 0 Å². The number of carbonyl (C=O) groups excluding carboxylic acids is 2. The molecule has 10 heteroatoms. The average Bonchev–Trinajstić information content (AvgIpc) is 2.82. The quantitative estimate of drug-likeness (QED) is 0.271. The fourth-order valence-electron chi connectivity index (χ4n) is 3.34. The van der Waals surface area contributed by atoms with Crippen molar-refractivity contribution in [2.24, 2.45) is 0 Å². The first-order valence-electron chi connectivity index (χ1n) is 10.1. The summed E-state index contributed by atoms with van der Waals surface area (Å²) in [5.74, 6) is -0.677. The molecule has 0 unspecified atom stereocenters. The predicted octanol–water partition coefficient (Wildman–Crippen LogP) is 1.73. The second kappa shape index (κ2) is 10.4. The number of anilines is 1. The summed E-state index contributed by atoms with van der Waals surface area (Å²) in [5, 5.41) is 14.6. The van der Waals surface area contributed by atoms with Crippen LogP contribution in [-0.2, 0) is 19.6 Å². The van der Waals surface area contributed by atoms with Gasteiger partial charge in [0.1, 0.15) is 0 Å². The van der Waals surface area contributed by atoms with Crippen LogP contribution in [0, 0.1) is 0 Å². The summed E-state index contributed by atoms with van der Waals surface area (Å²) in [6.45, 7) is 2.87. The van der Waals surface area contributed by atoms with Crippen molar-refractivity contribution in [3.8, 4) is 11.1 Å². The summed E-state index contributed by atoms with van der Waals surface area (Å²) in [7, 11) is -3.69. The number of nitrogens with zero attached hydrogens (tertiary/aromatic N) is 1. The van der Waals surface area contributed by atoms with E-state index in [1.165, 1.54) is 17.3 Å². The molecular formula is C22H26N4O5S. The highest BCUT2D eigenvalue weighted by atomic mass is 32.2. The van der Waals surface area contributed by atoms with E-state index in [1.807, 2.05) is 24.3 Å². The SMILES string of the molecule is CC(=O)NCCNc1ccc(-c2ccc(S(=O)(=O)N3CC=C(C(=O)NO)CC3)cc2)cc1. The maximum atomic E-state index is 12.9. The monoisotopic (exact) mass is 458 g/mol. The molecule has 0 bridgehead atoms. The number of benzene rings is 2. The van der Waals surface area contributed by atoms with Crippen molar-refractivity contribution >= 4 is 27.5 Å². The Hall–Kier alpha value is -3.21. The first-order chi connectivity index (χ1) is 15.3. The first kappa shape index (κ1) is 23.5. The van der Waals surface area contributed by atoms with E-state index in [0.717, 1.165) is 16.8 Å². The molecule has 2 aromatic rings. The molecule has 0 atom stereocenters. The molecule has 2 amide bonds. The lowest BCUT2D eigenvalue weighted by Crippen LogP contribution is -2.37. The normalized spacial score (nSPS) is 14.4. The van der Waals surface area contributed by atoms with Crippen LogP contribution in [0.5, 0.6) is 0 Å². The predicted molar refractivity (Wildman–Crippen MR) is 120 cm³/mol. The highest BCUT2D eigenvalue weighted by molar-refractivity contribution is 7.89. The zero-order valence-corrected chi connectivity index (χ0v) is 18.5. The third-order valence-electron chi connectivity index (χ3n) is 5.10. The van der Waals surface area contributed by atoms with Gasteiger partial charge in [-0.2, -0.15) is 4.31 Å². The number of nitrogens with one attached hydrogen (secondary N) is 3. The number of hydrogen-bond acceptors (Lipinski definition) is 6. The fourth-order valence-corrected chi connectivity index (χ4v) is 4.72. The van der Waals surface area contributed by atoms with Crippen LogP contribution >= 0.6 is 0 Å². The third-order valence-corrected chi connectivity index (χ3v) is 6.98. The van der Waals surface area contributed by atoms with E-state index in [4.69, 9.17) is 5.21 Å². The highest BCUT2D eigenvalue weighted by Crippen LogP contribution is 2.25. The van der Waals surface area contributed by atoms with Gasteiger partial charge in [0.05, 0.1) is 4.90 Å². The molecule has 0 aliphatic carbocycles. The maximum Gasteiger partial charge on any atom is 0.270 e. The van der Waals surface area contributed by atoms with E-state index in [1.54, 1.807) is 29.7 Å². The Balaban J connectivity index is 1.64. The molecule has 32 heavy (non-hydrogen) atoms. The molecular weight excluding hydrogens is 432 g/mol. The Morgan fingerprint density at radius 1 is 1.00 bits per heavy atom. The Morgan fingerprint density at radius 2 is 1.62 bits per heavy atom. The van der Waals surface area contributed by atoms with Crippen molar-refractivity contribution in [3.05, 3.63) is 60.2 Å². The van der Waals surface area contributed by atoms with E-state index < -0.39 is 15.9 Å². The van der Waals surface area contributed by atoms with E-state index in [2.05, 4.69) is 10.6 Å². The molecule has 4 N–H and O–H groups in total. The minimum Gasteiger partial charge on any atom is -0.383 e. The van der Waals surface area contributed by atoms with Crippen molar-refractivity contribution in [3.63, 3.8) is 0 Å². The second-order valence-corrected chi connectivity index (χ2v) is 9.23. The molecule has 0 fully saturated rings. The van der Waals surface area contributed by atoms with Gasteiger partial charge in [-0.1, -0.05) is 30.3 Å². The Labute approximate surface area is 187 Å². The van der Waals surface area contributed by atoms with E-state index >= 15 is 0 Å². The molecule has 1 aliphatic rings. The van der Waals surface area contributed by atoms with Gasteiger partial charge >= 0.3 is 0 Å². The number of sulfonamides is 1. The van der Waals surface area contributed by atoms with Crippen LogP contribution in [0.4, 0.5) is 5.69 Å². The molecule has 0 spiro atoms. The molecule has 0 aromatic heterocycles. The van der Waals surface area contributed by atoms with Gasteiger partial charge in [-0.05, 0) is 41.8 Å².